The average molecular weight is 372 g/mol. The molecule has 1 N–H and O–H groups in total. The maximum atomic E-state index is 14.5. The van der Waals surface area contributed by atoms with Crippen LogP contribution in [0.25, 0.3) is 0 Å². The van der Waals surface area contributed by atoms with Crippen LogP contribution in [0.4, 0.5) is 10.1 Å². The quantitative estimate of drug-likeness (QED) is 0.744. The Morgan fingerprint density at radius 3 is 2.59 bits per heavy atom. The number of halogens is 1. The van der Waals surface area contributed by atoms with Gasteiger partial charge in [-0.2, -0.15) is 0 Å². The van der Waals surface area contributed by atoms with Crippen molar-refractivity contribution in [3.8, 4) is 5.88 Å². The van der Waals surface area contributed by atoms with Crippen LogP contribution in [0, 0.1) is 5.82 Å². The number of rotatable bonds is 7. The lowest BCUT2D eigenvalue weighted by Gasteiger charge is -2.36. The van der Waals surface area contributed by atoms with E-state index in [0.717, 1.165) is 19.3 Å². The van der Waals surface area contributed by atoms with Crippen molar-refractivity contribution < 1.29 is 18.7 Å². The minimum atomic E-state index is -0.836. The van der Waals surface area contributed by atoms with Gasteiger partial charge in [0.1, 0.15) is 12.4 Å². The first-order chi connectivity index (χ1) is 13.2. The van der Waals surface area contributed by atoms with Gasteiger partial charge in [-0.1, -0.05) is 37.5 Å². The Morgan fingerprint density at radius 1 is 1.15 bits per heavy atom. The molecule has 1 aliphatic rings. The van der Waals surface area contributed by atoms with Crippen LogP contribution < -0.4 is 10.1 Å². The van der Waals surface area contributed by atoms with Crippen molar-refractivity contribution in [2.45, 2.75) is 37.5 Å². The second-order valence-electron chi connectivity index (χ2n) is 6.80. The summed E-state index contributed by atoms with van der Waals surface area (Å²) in [5.41, 5.74) is 0.215. The summed E-state index contributed by atoms with van der Waals surface area (Å²) in [6, 6.07) is 10.0. The molecular weight excluding hydrogens is 347 g/mol. The molecule has 5 nitrogen and oxygen atoms in total. The van der Waals surface area contributed by atoms with Crippen molar-refractivity contribution in [1.29, 1.82) is 0 Å². The molecule has 1 aliphatic carbocycles. The molecule has 2 aromatic rings. The van der Waals surface area contributed by atoms with Gasteiger partial charge < -0.3 is 14.8 Å². The Balaban J connectivity index is 1.76. The summed E-state index contributed by atoms with van der Waals surface area (Å²) in [5.74, 6) is -0.0387. The minimum Gasteiger partial charge on any atom is -0.475 e. The zero-order chi connectivity index (χ0) is 19.1. The Kier molecular flexibility index (Phi) is 6.40. The van der Waals surface area contributed by atoms with Crippen LogP contribution in [0.5, 0.6) is 5.88 Å². The molecule has 1 heterocycles. The highest BCUT2D eigenvalue weighted by Crippen LogP contribution is 2.41. The predicted octanol–water partition coefficient (Wildman–Crippen LogP) is 4.09. The van der Waals surface area contributed by atoms with Crippen LogP contribution in [0.1, 0.15) is 37.7 Å². The summed E-state index contributed by atoms with van der Waals surface area (Å²) in [7, 11) is 1.60. The zero-order valence-corrected chi connectivity index (χ0v) is 15.5. The number of ether oxygens (including phenoxy) is 2. The van der Waals surface area contributed by atoms with Gasteiger partial charge >= 0.3 is 0 Å². The molecule has 1 aromatic heterocycles. The lowest BCUT2D eigenvalue weighted by Crippen LogP contribution is -2.42. The predicted molar refractivity (Wildman–Crippen MR) is 101 cm³/mol. The van der Waals surface area contributed by atoms with E-state index in [2.05, 4.69) is 10.3 Å². The van der Waals surface area contributed by atoms with Gasteiger partial charge in [0.05, 0.1) is 23.9 Å². The lowest BCUT2D eigenvalue weighted by atomic mass is 9.68. The summed E-state index contributed by atoms with van der Waals surface area (Å²) in [4.78, 5) is 17.4. The van der Waals surface area contributed by atoms with E-state index < -0.39 is 5.41 Å². The fourth-order valence-electron chi connectivity index (χ4n) is 3.64. The number of pyridine rings is 1. The number of benzene rings is 1. The van der Waals surface area contributed by atoms with Crippen molar-refractivity contribution in [2.75, 3.05) is 25.6 Å². The maximum absolute atomic E-state index is 14.5. The Hall–Kier alpha value is -2.47. The second kappa shape index (κ2) is 8.95. The van der Waals surface area contributed by atoms with Gasteiger partial charge in [-0.15, -0.1) is 0 Å². The molecule has 0 radical (unpaired) electrons. The molecule has 27 heavy (non-hydrogen) atoms. The van der Waals surface area contributed by atoms with Gasteiger partial charge in [-0.05, 0) is 25.0 Å². The number of anilines is 1. The molecule has 0 aliphatic heterocycles. The van der Waals surface area contributed by atoms with E-state index in [0.29, 0.717) is 43.2 Å². The van der Waals surface area contributed by atoms with Gasteiger partial charge in [0.2, 0.25) is 11.8 Å². The van der Waals surface area contributed by atoms with Gasteiger partial charge in [0.25, 0.3) is 0 Å². The first-order valence-corrected chi connectivity index (χ1v) is 9.30. The molecule has 144 valence electrons. The van der Waals surface area contributed by atoms with Crippen molar-refractivity contribution in [3.05, 3.63) is 54.0 Å². The SMILES string of the molecule is COCCOc1ccc(NC(=O)C2(c3ccccc3F)CCCCC2)cn1. The average Bonchev–Trinajstić information content (AvgIpc) is 2.70. The molecule has 1 fully saturated rings. The molecule has 1 amide bonds. The largest absolute Gasteiger partial charge is 0.475 e. The first kappa shape index (κ1) is 19.3. The highest BCUT2D eigenvalue weighted by Gasteiger charge is 2.42. The van der Waals surface area contributed by atoms with Crippen LogP contribution in [-0.4, -0.2) is 31.2 Å². The molecule has 0 atom stereocenters. The van der Waals surface area contributed by atoms with E-state index in [4.69, 9.17) is 9.47 Å². The third-order valence-electron chi connectivity index (χ3n) is 5.06. The number of nitrogens with zero attached hydrogens (tertiary/aromatic N) is 1. The normalized spacial score (nSPS) is 15.9. The summed E-state index contributed by atoms with van der Waals surface area (Å²) in [6.45, 7) is 0.886. The number of hydrogen-bond acceptors (Lipinski definition) is 4. The lowest BCUT2D eigenvalue weighted by molar-refractivity contribution is -0.122. The fraction of sp³-hybridized carbons (Fsp3) is 0.429. The van der Waals surface area contributed by atoms with Crippen LogP contribution in [0.15, 0.2) is 42.6 Å². The van der Waals surface area contributed by atoms with Gasteiger partial charge in [0, 0.05) is 18.7 Å². The second-order valence-corrected chi connectivity index (χ2v) is 6.80. The summed E-state index contributed by atoms with van der Waals surface area (Å²) < 4.78 is 24.9. The van der Waals surface area contributed by atoms with Crippen molar-refractivity contribution in [2.24, 2.45) is 0 Å². The van der Waals surface area contributed by atoms with E-state index in [9.17, 15) is 9.18 Å². The number of nitrogens with one attached hydrogen (secondary N) is 1. The van der Waals surface area contributed by atoms with Crippen LogP contribution in [0.3, 0.4) is 0 Å². The van der Waals surface area contributed by atoms with Crippen LogP contribution in [-0.2, 0) is 14.9 Å². The molecule has 1 aromatic carbocycles. The number of amides is 1. The highest BCUT2D eigenvalue weighted by molar-refractivity contribution is 5.99. The van der Waals surface area contributed by atoms with E-state index in [1.165, 1.54) is 6.07 Å². The van der Waals surface area contributed by atoms with E-state index in [-0.39, 0.29) is 11.7 Å². The number of carbonyl (C=O) groups excluding carboxylic acids is 1. The van der Waals surface area contributed by atoms with Crippen LogP contribution in [0.2, 0.25) is 0 Å². The molecule has 0 spiro atoms. The van der Waals surface area contributed by atoms with Crippen LogP contribution >= 0.6 is 0 Å². The number of methoxy groups -OCH3 is 1. The molecule has 6 heteroatoms. The van der Waals surface area contributed by atoms with Crippen molar-refractivity contribution in [3.63, 3.8) is 0 Å². The molecule has 0 unspecified atom stereocenters. The summed E-state index contributed by atoms with van der Waals surface area (Å²) in [6.07, 6.45) is 5.73. The smallest absolute Gasteiger partial charge is 0.235 e. The first-order valence-electron chi connectivity index (χ1n) is 9.30. The minimum absolute atomic E-state index is 0.179. The Bertz CT molecular complexity index is 758. The molecule has 0 bridgehead atoms. The molecule has 1 saturated carbocycles. The van der Waals surface area contributed by atoms with Gasteiger partial charge in [0.15, 0.2) is 0 Å². The standard InChI is InChI=1S/C21H25FN2O3/c1-26-13-14-27-19-10-9-16(15-23-19)24-20(25)21(11-5-2-6-12-21)17-7-3-4-8-18(17)22/h3-4,7-10,15H,2,5-6,11-14H2,1H3,(H,24,25). The summed E-state index contributed by atoms with van der Waals surface area (Å²) in [5, 5.41) is 2.92. The third kappa shape index (κ3) is 4.45. The fourth-order valence-corrected chi connectivity index (χ4v) is 3.64. The third-order valence-corrected chi connectivity index (χ3v) is 5.06. The topological polar surface area (TPSA) is 60.5 Å². The molecule has 0 saturated heterocycles. The highest BCUT2D eigenvalue weighted by atomic mass is 19.1. The summed E-state index contributed by atoms with van der Waals surface area (Å²) >= 11 is 0. The monoisotopic (exact) mass is 372 g/mol. The van der Waals surface area contributed by atoms with E-state index in [1.54, 1.807) is 43.6 Å². The van der Waals surface area contributed by atoms with Gasteiger partial charge in [-0.25, -0.2) is 9.37 Å². The zero-order valence-electron chi connectivity index (χ0n) is 15.5. The van der Waals surface area contributed by atoms with E-state index in [1.807, 2.05) is 0 Å². The van der Waals surface area contributed by atoms with E-state index >= 15 is 0 Å². The van der Waals surface area contributed by atoms with Crippen molar-refractivity contribution >= 4 is 11.6 Å². The van der Waals surface area contributed by atoms with Gasteiger partial charge in [-0.3, -0.25) is 4.79 Å². The number of aromatic nitrogens is 1. The molecular formula is C21H25FN2O3. The van der Waals surface area contributed by atoms with Crippen molar-refractivity contribution in [1.82, 2.24) is 4.98 Å². The molecule has 3 rings (SSSR count). The Morgan fingerprint density at radius 2 is 1.93 bits per heavy atom. The number of carbonyl (C=O) groups is 1. The number of hydrogen-bond donors (Lipinski definition) is 1. The maximum Gasteiger partial charge on any atom is 0.235 e. The Labute approximate surface area is 158 Å².